The fraction of sp³-hybridized carbons (Fsp3) is 0.552. The van der Waals surface area contributed by atoms with Crippen LogP contribution in [0.4, 0.5) is 0 Å². The number of aromatic nitrogens is 1. The van der Waals surface area contributed by atoms with Gasteiger partial charge in [0.1, 0.15) is 5.75 Å². The van der Waals surface area contributed by atoms with Crippen molar-refractivity contribution in [3.63, 3.8) is 0 Å². The highest BCUT2D eigenvalue weighted by atomic mass is 16.5. The van der Waals surface area contributed by atoms with Crippen molar-refractivity contribution in [3.8, 4) is 5.75 Å². The number of benzene rings is 1. The lowest BCUT2D eigenvalue weighted by molar-refractivity contribution is -0.147. The first-order valence-corrected chi connectivity index (χ1v) is 12.9. The molecule has 0 bridgehead atoms. The number of carbonyl (C=O) groups is 3. The summed E-state index contributed by atoms with van der Waals surface area (Å²) in [5.41, 5.74) is 1.63. The average Bonchev–Trinajstić information content (AvgIpc) is 3.26. The Kier molecular flexibility index (Phi) is 11.2. The summed E-state index contributed by atoms with van der Waals surface area (Å²) in [6.07, 6.45) is 2.04. The molecule has 0 N–H and O–H groups in total. The van der Waals surface area contributed by atoms with Gasteiger partial charge in [0, 0.05) is 36.9 Å². The van der Waals surface area contributed by atoms with Crippen LogP contribution in [0.1, 0.15) is 65.6 Å². The van der Waals surface area contributed by atoms with Gasteiger partial charge in [0.25, 0.3) is 0 Å². The highest BCUT2D eigenvalue weighted by Crippen LogP contribution is 2.21. The van der Waals surface area contributed by atoms with Gasteiger partial charge in [0.05, 0.1) is 33.2 Å². The molecule has 2 rings (SSSR count). The molecule has 2 amide bonds. The molecule has 8 nitrogen and oxygen atoms in total. The van der Waals surface area contributed by atoms with Gasteiger partial charge in [-0.3, -0.25) is 14.4 Å². The Morgan fingerprint density at radius 3 is 2.38 bits per heavy atom. The smallest absolute Gasteiger partial charge is 0.306 e. The van der Waals surface area contributed by atoms with Crippen molar-refractivity contribution in [2.24, 2.45) is 5.92 Å². The lowest BCUT2D eigenvalue weighted by atomic mass is 10.0. The Morgan fingerprint density at radius 1 is 1.03 bits per heavy atom. The summed E-state index contributed by atoms with van der Waals surface area (Å²) >= 11 is 0. The highest BCUT2D eigenvalue weighted by Gasteiger charge is 2.30. The Labute approximate surface area is 221 Å². The van der Waals surface area contributed by atoms with Gasteiger partial charge in [-0.2, -0.15) is 0 Å². The van der Waals surface area contributed by atoms with Crippen molar-refractivity contribution in [3.05, 3.63) is 53.9 Å². The van der Waals surface area contributed by atoms with E-state index in [-0.39, 0.29) is 43.7 Å². The van der Waals surface area contributed by atoms with Crippen molar-refractivity contribution >= 4 is 17.8 Å². The van der Waals surface area contributed by atoms with E-state index in [2.05, 4.69) is 4.57 Å². The Bertz CT molecular complexity index is 1040. The minimum Gasteiger partial charge on any atom is -0.497 e. The molecule has 0 spiro atoms. The monoisotopic (exact) mass is 513 g/mol. The summed E-state index contributed by atoms with van der Waals surface area (Å²) in [5.74, 6) is 0.231. The fourth-order valence-corrected chi connectivity index (χ4v) is 4.12. The minimum atomic E-state index is -0.459. The molecule has 0 saturated carbocycles. The Morgan fingerprint density at radius 2 is 1.76 bits per heavy atom. The normalized spacial score (nSPS) is 11.4. The van der Waals surface area contributed by atoms with Gasteiger partial charge in [-0.25, -0.2) is 0 Å². The topological polar surface area (TPSA) is 81.1 Å². The van der Waals surface area contributed by atoms with Crippen LogP contribution in [0.25, 0.3) is 0 Å². The van der Waals surface area contributed by atoms with E-state index in [4.69, 9.17) is 9.47 Å². The van der Waals surface area contributed by atoms with Crippen molar-refractivity contribution in [1.82, 2.24) is 14.4 Å². The molecule has 0 aliphatic heterocycles. The summed E-state index contributed by atoms with van der Waals surface area (Å²) in [6, 6.07) is 11.9. The quantitative estimate of drug-likeness (QED) is 0.369. The molecule has 1 aromatic carbocycles. The van der Waals surface area contributed by atoms with E-state index in [1.165, 1.54) is 0 Å². The number of nitrogens with zero attached hydrogens (tertiary/aromatic N) is 3. The van der Waals surface area contributed by atoms with Gasteiger partial charge in [-0.05, 0) is 63.4 Å². The zero-order valence-corrected chi connectivity index (χ0v) is 23.5. The van der Waals surface area contributed by atoms with Gasteiger partial charge in [-0.1, -0.05) is 26.0 Å². The number of methoxy groups -OCH3 is 1. The van der Waals surface area contributed by atoms with Crippen LogP contribution in [-0.2, 0) is 32.2 Å². The molecule has 8 heteroatoms. The second kappa shape index (κ2) is 13.9. The van der Waals surface area contributed by atoms with Gasteiger partial charge in [-0.15, -0.1) is 0 Å². The molecule has 0 atom stereocenters. The molecule has 0 aliphatic rings. The van der Waals surface area contributed by atoms with Crippen LogP contribution in [0, 0.1) is 5.92 Å². The van der Waals surface area contributed by atoms with Crippen LogP contribution < -0.4 is 4.74 Å². The fourth-order valence-electron chi connectivity index (χ4n) is 4.12. The Balaban J connectivity index is 2.18. The maximum Gasteiger partial charge on any atom is 0.306 e. The van der Waals surface area contributed by atoms with Crippen molar-refractivity contribution in [2.75, 3.05) is 26.8 Å². The van der Waals surface area contributed by atoms with E-state index in [1.807, 2.05) is 82.1 Å². The minimum absolute atomic E-state index is 0.0101. The molecule has 0 unspecified atom stereocenters. The van der Waals surface area contributed by atoms with Crippen molar-refractivity contribution in [2.45, 2.75) is 73.0 Å². The van der Waals surface area contributed by atoms with E-state index in [0.29, 0.717) is 19.6 Å². The number of ether oxygens (including phenoxy) is 2. The van der Waals surface area contributed by atoms with Crippen LogP contribution in [0.5, 0.6) is 5.75 Å². The number of hydrogen-bond acceptors (Lipinski definition) is 5. The van der Waals surface area contributed by atoms with E-state index >= 15 is 0 Å². The van der Waals surface area contributed by atoms with Crippen LogP contribution in [0.2, 0.25) is 0 Å². The Hall–Kier alpha value is -3.29. The van der Waals surface area contributed by atoms with E-state index in [9.17, 15) is 14.4 Å². The predicted molar refractivity (Wildman–Crippen MR) is 144 cm³/mol. The molecule has 37 heavy (non-hydrogen) atoms. The van der Waals surface area contributed by atoms with E-state index < -0.39 is 11.5 Å². The molecule has 1 heterocycles. The zero-order valence-electron chi connectivity index (χ0n) is 23.5. The van der Waals surface area contributed by atoms with Gasteiger partial charge >= 0.3 is 5.97 Å². The number of amides is 2. The molecule has 2 aromatic rings. The first kappa shape index (κ1) is 29.9. The summed E-state index contributed by atoms with van der Waals surface area (Å²) in [6.45, 7) is 13.5. The second-order valence-corrected chi connectivity index (χ2v) is 10.6. The average molecular weight is 514 g/mol. The highest BCUT2D eigenvalue weighted by molar-refractivity contribution is 5.86. The lowest BCUT2D eigenvalue weighted by Gasteiger charge is -2.37. The third-order valence-corrected chi connectivity index (χ3v) is 5.95. The number of rotatable bonds is 13. The predicted octanol–water partition coefficient (Wildman–Crippen LogP) is 4.50. The maximum atomic E-state index is 13.6. The molecule has 0 aliphatic carbocycles. The van der Waals surface area contributed by atoms with Crippen LogP contribution in [-0.4, -0.2) is 64.5 Å². The number of hydrogen-bond donors (Lipinski definition) is 0. The molecule has 1 aromatic heterocycles. The van der Waals surface area contributed by atoms with Crippen LogP contribution in [0.3, 0.4) is 0 Å². The lowest BCUT2D eigenvalue weighted by Crippen LogP contribution is -2.50. The summed E-state index contributed by atoms with van der Waals surface area (Å²) in [5, 5.41) is 0. The van der Waals surface area contributed by atoms with E-state index in [0.717, 1.165) is 17.0 Å². The third-order valence-electron chi connectivity index (χ3n) is 5.95. The number of esters is 1. The van der Waals surface area contributed by atoms with E-state index in [1.54, 1.807) is 18.9 Å². The zero-order chi connectivity index (χ0) is 27.6. The van der Waals surface area contributed by atoms with Crippen molar-refractivity contribution in [1.29, 1.82) is 0 Å². The standard InChI is InChI=1S/C29H43N3O5/c1-8-37-28(35)15-14-26(33)31(18-22(2)3)21-27(34)32(29(4,5)6)20-24-12-10-16-30(24)19-23-11-9-13-25(17-23)36-7/h9-13,16-17,22H,8,14-15,18-21H2,1-7H3. The van der Waals surface area contributed by atoms with Gasteiger partial charge in [0.15, 0.2) is 0 Å². The van der Waals surface area contributed by atoms with Gasteiger partial charge < -0.3 is 23.8 Å². The summed E-state index contributed by atoms with van der Waals surface area (Å²) < 4.78 is 12.4. The number of carbonyl (C=O) groups excluding carboxylic acids is 3. The van der Waals surface area contributed by atoms with Gasteiger partial charge in [0.2, 0.25) is 11.8 Å². The molecular formula is C29H43N3O5. The van der Waals surface area contributed by atoms with Crippen LogP contribution in [0.15, 0.2) is 42.6 Å². The molecule has 0 saturated heterocycles. The third kappa shape index (κ3) is 9.59. The van der Waals surface area contributed by atoms with Crippen LogP contribution >= 0.6 is 0 Å². The first-order chi connectivity index (χ1) is 17.4. The molecule has 0 radical (unpaired) electrons. The largest absolute Gasteiger partial charge is 0.497 e. The second-order valence-electron chi connectivity index (χ2n) is 10.6. The summed E-state index contributed by atoms with van der Waals surface area (Å²) in [4.78, 5) is 41.7. The molecule has 0 fully saturated rings. The SMILES string of the molecule is CCOC(=O)CCC(=O)N(CC(=O)N(Cc1cccn1Cc1cccc(OC)c1)C(C)(C)C)CC(C)C. The maximum absolute atomic E-state index is 13.6. The molecular weight excluding hydrogens is 470 g/mol. The summed E-state index contributed by atoms with van der Waals surface area (Å²) in [7, 11) is 1.65. The van der Waals surface area contributed by atoms with Crippen molar-refractivity contribution < 1.29 is 23.9 Å². The first-order valence-electron chi connectivity index (χ1n) is 12.9. The molecule has 204 valence electrons.